The van der Waals surface area contributed by atoms with Gasteiger partial charge >= 0.3 is 5.97 Å². The van der Waals surface area contributed by atoms with Crippen LogP contribution >= 0.6 is 0 Å². The molecule has 5 heteroatoms. The number of carboxylic acids is 1. The van der Waals surface area contributed by atoms with Gasteiger partial charge in [-0.25, -0.2) is 0 Å². The van der Waals surface area contributed by atoms with E-state index in [1.165, 1.54) is 0 Å². The highest BCUT2D eigenvalue weighted by atomic mass is 16.4. The van der Waals surface area contributed by atoms with Gasteiger partial charge in [-0.05, 0) is 45.2 Å². The molecule has 1 fully saturated rings. The van der Waals surface area contributed by atoms with Gasteiger partial charge in [-0.15, -0.1) is 0 Å². The van der Waals surface area contributed by atoms with Crippen molar-refractivity contribution in [3.8, 4) is 0 Å². The maximum Gasteiger partial charge on any atom is 0.309 e. The van der Waals surface area contributed by atoms with Gasteiger partial charge in [-0.1, -0.05) is 6.07 Å². The van der Waals surface area contributed by atoms with Crippen LogP contribution in [0, 0.1) is 12.8 Å². The highest BCUT2D eigenvalue weighted by Gasteiger charge is 2.40. The lowest BCUT2D eigenvalue weighted by molar-refractivity contribution is -0.147. The van der Waals surface area contributed by atoms with E-state index in [2.05, 4.69) is 4.98 Å². The van der Waals surface area contributed by atoms with Gasteiger partial charge < -0.3 is 10.0 Å². The maximum atomic E-state index is 12.4. The first-order chi connectivity index (χ1) is 9.91. The van der Waals surface area contributed by atoms with Gasteiger partial charge in [0.25, 0.3) is 0 Å². The fourth-order valence-corrected chi connectivity index (χ4v) is 2.98. The Bertz CT molecular complexity index is 525. The van der Waals surface area contributed by atoms with Crippen LogP contribution in [-0.2, 0) is 9.59 Å². The molecule has 1 saturated heterocycles. The molecule has 1 aromatic heterocycles. The van der Waals surface area contributed by atoms with Crippen molar-refractivity contribution >= 4 is 11.9 Å². The Morgan fingerprint density at radius 1 is 1.43 bits per heavy atom. The average Bonchev–Trinajstić information content (AvgIpc) is 2.58. The number of carboxylic acid groups (broad SMARTS) is 1. The predicted octanol–water partition coefficient (Wildman–Crippen LogP) is 2.55. The molecule has 1 aliphatic heterocycles. The Balaban J connectivity index is 2.50. The van der Waals surface area contributed by atoms with E-state index in [1.54, 1.807) is 11.1 Å². The number of rotatable bonds is 3. The van der Waals surface area contributed by atoms with E-state index in [0.29, 0.717) is 25.0 Å². The molecule has 2 unspecified atom stereocenters. The largest absolute Gasteiger partial charge is 0.481 e. The molecule has 21 heavy (non-hydrogen) atoms. The van der Waals surface area contributed by atoms with E-state index in [0.717, 1.165) is 5.56 Å². The summed E-state index contributed by atoms with van der Waals surface area (Å²) in [6.45, 7) is 5.77. The molecule has 1 amide bonds. The molecule has 0 bridgehead atoms. The molecule has 0 spiro atoms. The lowest BCUT2D eigenvalue weighted by atomic mass is 9.91. The Kier molecular flexibility index (Phi) is 4.60. The number of carbonyl (C=O) groups excluding carboxylic acids is 1. The second-order valence-electron chi connectivity index (χ2n) is 5.94. The molecular weight excluding hydrogens is 268 g/mol. The summed E-state index contributed by atoms with van der Waals surface area (Å²) in [4.78, 5) is 30.1. The summed E-state index contributed by atoms with van der Waals surface area (Å²) in [7, 11) is 0. The summed E-state index contributed by atoms with van der Waals surface area (Å²) in [5, 5.41) is 9.57. The monoisotopic (exact) mass is 290 g/mol. The van der Waals surface area contributed by atoms with E-state index in [4.69, 9.17) is 0 Å². The summed E-state index contributed by atoms with van der Waals surface area (Å²) in [5.74, 6) is -1.45. The number of hydrogen-bond acceptors (Lipinski definition) is 3. The SMILES string of the molecule is Cc1ccc(C2C(C(=O)O)CCCC(=O)N2C(C)C)nc1. The van der Waals surface area contributed by atoms with Gasteiger partial charge in [0.1, 0.15) is 0 Å². The van der Waals surface area contributed by atoms with Crippen LogP contribution < -0.4 is 0 Å². The Morgan fingerprint density at radius 3 is 2.67 bits per heavy atom. The van der Waals surface area contributed by atoms with E-state index < -0.39 is 17.9 Å². The molecular formula is C16H22N2O3. The molecule has 2 rings (SSSR count). The van der Waals surface area contributed by atoms with Crippen molar-refractivity contribution < 1.29 is 14.7 Å². The van der Waals surface area contributed by atoms with Crippen LogP contribution in [-0.4, -0.2) is 32.9 Å². The number of pyridine rings is 1. The van der Waals surface area contributed by atoms with Crippen molar-refractivity contribution in [2.24, 2.45) is 5.92 Å². The minimum atomic E-state index is -0.859. The van der Waals surface area contributed by atoms with E-state index in [9.17, 15) is 14.7 Å². The van der Waals surface area contributed by atoms with Gasteiger partial charge in [-0.2, -0.15) is 0 Å². The van der Waals surface area contributed by atoms with Crippen LogP contribution in [0.5, 0.6) is 0 Å². The summed E-state index contributed by atoms with van der Waals surface area (Å²) >= 11 is 0. The zero-order chi connectivity index (χ0) is 15.6. The van der Waals surface area contributed by atoms with Crippen LogP contribution in [0.4, 0.5) is 0 Å². The number of aromatic nitrogens is 1. The highest BCUT2D eigenvalue weighted by molar-refractivity contribution is 5.80. The Hall–Kier alpha value is -1.91. The topological polar surface area (TPSA) is 70.5 Å². The second kappa shape index (κ2) is 6.24. The third kappa shape index (κ3) is 3.23. The lowest BCUT2D eigenvalue weighted by Crippen LogP contribution is -2.43. The zero-order valence-electron chi connectivity index (χ0n) is 12.7. The molecule has 0 saturated carbocycles. The molecule has 0 aromatic carbocycles. The summed E-state index contributed by atoms with van der Waals surface area (Å²) in [5.41, 5.74) is 1.68. The number of carbonyl (C=O) groups is 2. The van der Waals surface area contributed by atoms with Gasteiger partial charge in [0, 0.05) is 18.7 Å². The Labute approximate surface area is 125 Å². The van der Waals surface area contributed by atoms with Crippen molar-refractivity contribution in [2.75, 3.05) is 0 Å². The van der Waals surface area contributed by atoms with Crippen molar-refractivity contribution in [1.82, 2.24) is 9.88 Å². The first-order valence-electron chi connectivity index (χ1n) is 7.38. The summed E-state index contributed by atoms with van der Waals surface area (Å²) < 4.78 is 0. The molecule has 2 atom stereocenters. The van der Waals surface area contributed by atoms with Crippen LogP contribution in [0.3, 0.4) is 0 Å². The van der Waals surface area contributed by atoms with Crippen molar-refractivity contribution in [3.63, 3.8) is 0 Å². The van der Waals surface area contributed by atoms with Crippen LogP contribution in [0.25, 0.3) is 0 Å². The molecule has 114 valence electrons. The zero-order valence-corrected chi connectivity index (χ0v) is 12.7. The van der Waals surface area contributed by atoms with Crippen LogP contribution in [0.15, 0.2) is 18.3 Å². The van der Waals surface area contributed by atoms with E-state index in [-0.39, 0.29) is 11.9 Å². The van der Waals surface area contributed by atoms with Gasteiger partial charge in [0.05, 0.1) is 17.7 Å². The molecule has 0 radical (unpaired) electrons. The van der Waals surface area contributed by atoms with Crippen LogP contribution in [0.2, 0.25) is 0 Å². The number of hydrogen-bond donors (Lipinski definition) is 1. The highest BCUT2D eigenvalue weighted by Crippen LogP contribution is 2.36. The maximum absolute atomic E-state index is 12.4. The van der Waals surface area contributed by atoms with Gasteiger partial charge in [0.15, 0.2) is 0 Å². The van der Waals surface area contributed by atoms with Gasteiger partial charge in [-0.3, -0.25) is 14.6 Å². The number of aryl methyl sites for hydroxylation is 1. The number of likely N-dealkylation sites (tertiary alicyclic amines) is 1. The molecule has 1 N–H and O–H groups in total. The van der Waals surface area contributed by atoms with Crippen LogP contribution in [0.1, 0.15) is 50.4 Å². The third-order valence-electron chi connectivity index (χ3n) is 3.99. The number of nitrogens with zero attached hydrogens (tertiary/aromatic N) is 2. The molecule has 2 heterocycles. The van der Waals surface area contributed by atoms with Crippen molar-refractivity contribution in [1.29, 1.82) is 0 Å². The number of amides is 1. The minimum Gasteiger partial charge on any atom is -0.481 e. The molecule has 0 aliphatic carbocycles. The molecule has 5 nitrogen and oxygen atoms in total. The van der Waals surface area contributed by atoms with E-state index >= 15 is 0 Å². The third-order valence-corrected chi connectivity index (χ3v) is 3.99. The average molecular weight is 290 g/mol. The second-order valence-corrected chi connectivity index (χ2v) is 5.94. The van der Waals surface area contributed by atoms with Gasteiger partial charge in [0.2, 0.25) is 5.91 Å². The fraction of sp³-hybridized carbons (Fsp3) is 0.562. The first-order valence-corrected chi connectivity index (χ1v) is 7.38. The first kappa shape index (κ1) is 15.5. The normalized spacial score (nSPS) is 23.2. The van der Waals surface area contributed by atoms with Crippen molar-refractivity contribution in [3.05, 3.63) is 29.6 Å². The van der Waals surface area contributed by atoms with Crippen molar-refractivity contribution in [2.45, 2.75) is 52.1 Å². The minimum absolute atomic E-state index is 0.0149. The fourth-order valence-electron chi connectivity index (χ4n) is 2.98. The lowest BCUT2D eigenvalue weighted by Gasteiger charge is -2.36. The molecule has 1 aromatic rings. The molecule has 1 aliphatic rings. The number of aliphatic carboxylic acids is 1. The van der Waals surface area contributed by atoms with E-state index in [1.807, 2.05) is 32.9 Å². The Morgan fingerprint density at radius 2 is 2.14 bits per heavy atom. The predicted molar refractivity (Wildman–Crippen MR) is 78.7 cm³/mol. The summed E-state index contributed by atoms with van der Waals surface area (Å²) in [6, 6.07) is 3.21. The standard InChI is InChI=1S/C16H22N2O3/c1-10(2)18-14(19)6-4-5-12(16(20)21)15(18)13-8-7-11(3)9-17-13/h7-10,12,15H,4-6H2,1-3H3,(H,20,21). The quantitative estimate of drug-likeness (QED) is 0.928. The smallest absolute Gasteiger partial charge is 0.309 e. The summed E-state index contributed by atoms with van der Waals surface area (Å²) in [6.07, 6.45) is 3.25.